The van der Waals surface area contributed by atoms with Crippen LogP contribution in [0, 0.1) is 6.92 Å². The maximum Gasteiger partial charge on any atom is 0.225 e. The monoisotopic (exact) mass is 264 g/mol. The molecule has 0 N–H and O–H groups in total. The minimum Gasteiger partial charge on any atom is -0.494 e. The van der Waals surface area contributed by atoms with Gasteiger partial charge in [-0.05, 0) is 37.6 Å². The number of rotatable bonds is 4. The minimum atomic E-state index is 0.172. The highest BCUT2D eigenvalue weighted by Crippen LogP contribution is 2.24. The molecular weight excluding hydrogens is 252 g/mol. The molecule has 0 saturated carbocycles. The SMILES string of the molecule is CCOc1cccc(Oc2cc(C)nc(Cl)n2)c1. The second kappa shape index (κ2) is 5.69. The zero-order chi connectivity index (χ0) is 13.0. The van der Waals surface area contributed by atoms with E-state index in [1.807, 2.05) is 32.0 Å². The third kappa shape index (κ3) is 3.34. The van der Waals surface area contributed by atoms with Crippen LogP contribution in [0.25, 0.3) is 0 Å². The Bertz CT molecular complexity index is 526. The summed E-state index contributed by atoms with van der Waals surface area (Å²) >= 11 is 5.77. The minimum absolute atomic E-state index is 0.172. The summed E-state index contributed by atoms with van der Waals surface area (Å²) in [6, 6.07) is 9.08. The molecule has 0 bridgehead atoms. The largest absolute Gasteiger partial charge is 0.494 e. The first kappa shape index (κ1) is 12.6. The molecule has 1 aromatic carbocycles. The lowest BCUT2D eigenvalue weighted by Crippen LogP contribution is -1.94. The van der Waals surface area contributed by atoms with Crippen molar-refractivity contribution in [3.63, 3.8) is 0 Å². The summed E-state index contributed by atoms with van der Waals surface area (Å²) in [5.41, 5.74) is 0.756. The molecule has 0 atom stereocenters. The Balaban J connectivity index is 2.20. The Morgan fingerprint density at radius 1 is 1.17 bits per heavy atom. The first-order valence-corrected chi connectivity index (χ1v) is 5.97. The van der Waals surface area contributed by atoms with Crippen molar-refractivity contribution in [2.24, 2.45) is 0 Å². The van der Waals surface area contributed by atoms with E-state index < -0.39 is 0 Å². The summed E-state index contributed by atoms with van der Waals surface area (Å²) in [5, 5.41) is 0.172. The molecule has 2 aromatic rings. The molecule has 2 rings (SSSR count). The molecule has 0 saturated heterocycles. The van der Waals surface area contributed by atoms with Gasteiger partial charge in [-0.1, -0.05) is 6.07 Å². The van der Waals surface area contributed by atoms with Crippen molar-refractivity contribution in [1.29, 1.82) is 0 Å². The zero-order valence-corrected chi connectivity index (χ0v) is 10.9. The lowest BCUT2D eigenvalue weighted by atomic mass is 10.3. The number of hydrogen-bond acceptors (Lipinski definition) is 4. The molecule has 18 heavy (non-hydrogen) atoms. The van der Waals surface area contributed by atoms with Gasteiger partial charge in [0.2, 0.25) is 11.2 Å². The van der Waals surface area contributed by atoms with Crippen molar-refractivity contribution in [3.05, 3.63) is 41.3 Å². The molecular formula is C13H13ClN2O2. The summed E-state index contributed by atoms with van der Waals surface area (Å²) in [4.78, 5) is 7.97. The molecule has 0 aliphatic heterocycles. The number of aryl methyl sites for hydroxylation is 1. The topological polar surface area (TPSA) is 44.2 Å². The van der Waals surface area contributed by atoms with Crippen molar-refractivity contribution in [2.45, 2.75) is 13.8 Å². The molecule has 0 unspecified atom stereocenters. The van der Waals surface area contributed by atoms with Crippen molar-refractivity contribution in [3.8, 4) is 17.4 Å². The quantitative estimate of drug-likeness (QED) is 0.791. The van der Waals surface area contributed by atoms with Crippen molar-refractivity contribution in [2.75, 3.05) is 6.61 Å². The van der Waals surface area contributed by atoms with Crippen molar-refractivity contribution < 1.29 is 9.47 Å². The van der Waals surface area contributed by atoms with Crippen LogP contribution in [0.1, 0.15) is 12.6 Å². The summed E-state index contributed by atoms with van der Waals surface area (Å²) in [6.45, 7) is 4.38. The van der Waals surface area contributed by atoms with Crippen LogP contribution in [-0.4, -0.2) is 16.6 Å². The second-order valence-electron chi connectivity index (χ2n) is 3.63. The molecule has 0 aliphatic carbocycles. The molecule has 4 nitrogen and oxygen atoms in total. The number of benzene rings is 1. The van der Waals surface area contributed by atoms with E-state index in [4.69, 9.17) is 21.1 Å². The van der Waals surface area contributed by atoms with E-state index in [9.17, 15) is 0 Å². The summed E-state index contributed by atoms with van der Waals surface area (Å²) < 4.78 is 11.0. The number of halogens is 1. The summed E-state index contributed by atoms with van der Waals surface area (Å²) in [6.07, 6.45) is 0. The van der Waals surface area contributed by atoms with E-state index >= 15 is 0 Å². The van der Waals surface area contributed by atoms with Crippen LogP contribution >= 0.6 is 11.6 Å². The van der Waals surface area contributed by atoms with Gasteiger partial charge in [-0.25, -0.2) is 4.98 Å². The highest BCUT2D eigenvalue weighted by molar-refractivity contribution is 6.28. The first-order valence-electron chi connectivity index (χ1n) is 5.59. The molecule has 0 amide bonds. The number of ether oxygens (including phenoxy) is 2. The molecule has 1 aromatic heterocycles. The third-order valence-electron chi connectivity index (χ3n) is 2.14. The average Bonchev–Trinajstić information content (AvgIpc) is 2.28. The van der Waals surface area contributed by atoms with Crippen LogP contribution in [-0.2, 0) is 0 Å². The molecule has 0 aliphatic rings. The van der Waals surface area contributed by atoms with Gasteiger partial charge in [0.25, 0.3) is 0 Å². The van der Waals surface area contributed by atoms with Gasteiger partial charge in [0, 0.05) is 17.8 Å². The Kier molecular flexibility index (Phi) is 3.99. The normalized spacial score (nSPS) is 10.2. The van der Waals surface area contributed by atoms with E-state index in [0.717, 1.165) is 11.4 Å². The smallest absolute Gasteiger partial charge is 0.225 e. The van der Waals surface area contributed by atoms with E-state index in [-0.39, 0.29) is 5.28 Å². The van der Waals surface area contributed by atoms with Crippen LogP contribution in [0.5, 0.6) is 17.4 Å². The van der Waals surface area contributed by atoms with Gasteiger partial charge in [0.1, 0.15) is 11.5 Å². The van der Waals surface area contributed by atoms with Gasteiger partial charge < -0.3 is 9.47 Å². The van der Waals surface area contributed by atoms with Crippen LogP contribution in [0.2, 0.25) is 5.28 Å². The molecule has 5 heteroatoms. The fourth-order valence-corrected chi connectivity index (χ4v) is 1.69. The van der Waals surface area contributed by atoms with E-state index in [1.54, 1.807) is 12.1 Å². The van der Waals surface area contributed by atoms with Gasteiger partial charge in [0.05, 0.1) is 6.61 Å². The molecule has 1 heterocycles. The predicted molar refractivity (Wildman–Crippen MR) is 69.5 cm³/mol. The van der Waals surface area contributed by atoms with Gasteiger partial charge in [0.15, 0.2) is 0 Å². The summed E-state index contributed by atoms with van der Waals surface area (Å²) in [7, 11) is 0. The van der Waals surface area contributed by atoms with Crippen molar-refractivity contribution >= 4 is 11.6 Å². The van der Waals surface area contributed by atoms with Gasteiger partial charge in [-0.3, -0.25) is 0 Å². The molecule has 0 fully saturated rings. The Hall–Kier alpha value is -1.81. The van der Waals surface area contributed by atoms with Crippen LogP contribution < -0.4 is 9.47 Å². The molecule has 94 valence electrons. The van der Waals surface area contributed by atoms with E-state index in [2.05, 4.69) is 9.97 Å². The first-order chi connectivity index (χ1) is 8.67. The fourth-order valence-electron chi connectivity index (χ4n) is 1.47. The molecule has 0 radical (unpaired) electrons. The average molecular weight is 265 g/mol. The Labute approximate surface area is 111 Å². The number of nitrogens with zero attached hydrogens (tertiary/aromatic N) is 2. The fraction of sp³-hybridized carbons (Fsp3) is 0.231. The maximum atomic E-state index is 5.77. The van der Waals surface area contributed by atoms with Crippen LogP contribution in [0.4, 0.5) is 0 Å². The van der Waals surface area contributed by atoms with E-state index in [1.165, 1.54) is 0 Å². The predicted octanol–water partition coefficient (Wildman–Crippen LogP) is 3.63. The van der Waals surface area contributed by atoms with Gasteiger partial charge in [-0.2, -0.15) is 4.98 Å². The highest BCUT2D eigenvalue weighted by Gasteiger charge is 2.03. The lowest BCUT2D eigenvalue weighted by Gasteiger charge is -2.07. The number of aromatic nitrogens is 2. The second-order valence-corrected chi connectivity index (χ2v) is 3.96. The highest BCUT2D eigenvalue weighted by atomic mass is 35.5. The van der Waals surface area contributed by atoms with Gasteiger partial charge in [-0.15, -0.1) is 0 Å². The Morgan fingerprint density at radius 3 is 2.67 bits per heavy atom. The number of hydrogen-bond donors (Lipinski definition) is 0. The third-order valence-corrected chi connectivity index (χ3v) is 2.31. The van der Waals surface area contributed by atoms with E-state index in [0.29, 0.717) is 18.2 Å². The Morgan fingerprint density at radius 2 is 1.94 bits per heavy atom. The summed E-state index contributed by atoms with van der Waals surface area (Å²) in [5.74, 6) is 1.82. The zero-order valence-electron chi connectivity index (χ0n) is 10.2. The van der Waals surface area contributed by atoms with Crippen LogP contribution in [0.15, 0.2) is 30.3 Å². The van der Waals surface area contributed by atoms with Gasteiger partial charge >= 0.3 is 0 Å². The lowest BCUT2D eigenvalue weighted by molar-refractivity contribution is 0.338. The molecule has 0 spiro atoms. The maximum absolute atomic E-state index is 5.77. The standard InChI is InChI=1S/C13H13ClN2O2/c1-3-17-10-5-4-6-11(8-10)18-12-7-9(2)15-13(14)16-12/h4-8H,3H2,1-2H3. The van der Waals surface area contributed by atoms with Crippen molar-refractivity contribution in [1.82, 2.24) is 9.97 Å². The van der Waals surface area contributed by atoms with Crippen LogP contribution in [0.3, 0.4) is 0 Å².